The van der Waals surface area contributed by atoms with E-state index in [2.05, 4.69) is 5.10 Å². The zero-order valence-corrected chi connectivity index (χ0v) is 17.4. The lowest BCUT2D eigenvalue weighted by Crippen LogP contribution is -2.42. The van der Waals surface area contributed by atoms with Crippen LogP contribution < -0.4 is 0 Å². The summed E-state index contributed by atoms with van der Waals surface area (Å²) in [5, 5.41) is 4.17. The Labute approximate surface area is 176 Å². The van der Waals surface area contributed by atoms with Crippen molar-refractivity contribution < 1.29 is 14.0 Å². The highest BCUT2D eigenvalue weighted by Gasteiger charge is 2.50. The molecule has 0 unspecified atom stereocenters. The summed E-state index contributed by atoms with van der Waals surface area (Å²) in [5.41, 5.74) is 0.797. The van der Waals surface area contributed by atoms with E-state index < -0.39 is 0 Å². The molecular weight excluding hydrogens is 385 g/mol. The summed E-state index contributed by atoms with van der Waals surface area (Å²) in [7, 11) is 3.46. The second-order valence-corrected chi connectivity index (χ2v) is 8.42. The van der Waals surface area contributed by atoms with Crippen LogP contribution in [-0.4, -0.2) is 70.1 Å². The quantitative estimate of drug-likeness (QED) is 0.757. The van der Waals surface area contributed by atoms with Gasteiger partial charge in [0, 0.05) is 70.9 Å². The maximum absolute atomic E-state index is 13.9. The number of carbonyl (C=O) groups is 2. The van der Waals surface area contributed by atoms with Gasteiger partial charge in [-0.1, -0.05) is 12.1 Å². The lowest BCUT2D eigenvalue weighted by Gasteiger charge is -2.32. The number of aryl methyl sites for hydroxylation is 1. The number of hydrogen-bond acceptors (Lipinski definition) is 3. The summed E-state index contributed by atoms with van der Waals surface area (Å²) in [4.78, 5) is 30.9. The first-order valence-corrected chi connectivity index (χ1v) is 10.4. The minimum absolute atomic E-state index is 0.0734. The van der Waals surface area contributed by atoms with Crippen LogP contribution in [-0.2, 0) is 11.3 Å². The van der Waals surface area contributed by atoms with Gasteiger partial charge in [-0.2, -0.15) is 5.10 Å². The molecule has 3 amide bonds. The van der Waals surface area contributed by atoms with Crippen LogP contribution in [0.3, 0.4) is 0 Å². The molecule has 0 N–H and O–H groups in total. The van der Waals surface area contributed by atoms with Crippen LogP contribution in [0.25, 0.3) is 0 Å². The second kappa shape index (κ2) is 8.45. The third kappa shape index (κ3) is 4.04. The number of halogens is 1. The van der Waals surface area contributed by atoms with Gasteiger partial charge in [0.1, 0.15) is 5.82 Å². The monoisotopic (exact) mass is 413 g/mol. The van der Waals surface area contributed by atoms with Gasteiger partial charge in [-0.15, -0.1) is 0 Å². The van der Waals surface area contributed by atoms with Crippen LogP contribution in [0.15, 0.2) is 42.7 Å². The highest BCUT2D eigenvalue weighted by Crippen LogP contribution is 2.45. The van der Waals surface area contributed by atoms with Crippen LogP contribution in [0.5, 0.6) is 0 Å². The van der Waals surface area contributed by atoms with Gasteiger partial charge in [-0.05, 0) is 30.2 Å². The van der Waals surface area contributed by atoms with Crippen molar-refractivity contribution in [1.29, 1.82) is 0 Å². The van der Waals surface area contributed by atoms with Gasteiger partial charge < -0.3 is 14.7 Å². The van der Waals surface area contributed by atoms with Crippen molar-refractivity contribution in [3.8, 4) is 0 Å². The molecule has 7 nitrogen and oxygen atoms in total. The first-order chi connectivity index (χ1) is 14.4. The highest BCUT2D eigenvalue weighted by molar-refractivity contribution is 5.77. The molecule has 160 valence electrons. The Morgan fingerprint density at radius 3 is 2.73 bits per heavy atom. The van der Waals surface area contributed by atoms with E-state index in [0.717, 1.165) is 18.5 Å². The van der Waals surface area contributed by atoms with E-state index in [-0.39, 0.29) is 35.6 Å². The fourth-order valence-electron chi connectivity index (χ4n) is 4.80. The third-order valence-electron chi connectivity index (χ3n) is 6.17. The van der Waals surface area contributed by atoms with E-state index in [1.807, 2.05) is 32.8 Å². The normalized spacial score (nSPS) is 23.0. The molecule has 4 rings (SSSR count). The Kier molecular flexibility index (Phi) is 5.74. The molecule has 2 saturated heterocycles. The Balaban J connectivity index is 1.45. The van der Waals surface area contributed by atoms with Crippen molar-refractivity contribution in [3.63, 3.8) is 0 Å². The van der Waals surface area contributed by atoms with Crippen LogP contribution in [0.2, 0.25) is 0 Å². The average molecular weight is 413 g/mol. The summed E-state index contributed by atoms with van der Waals surface area (Å²) in [6.07, 6.45) is 4.84. The fourth-order valence-corrected chi connectivity index (χ4v) is 4.80. The van der Waals surface area contributed by atoms with Crippen molar-refractivity contribution >= 4 is 11.9 Å². The molecular formula is C22H28FN5O2. The fraction of sp³-hybridized carbons (Fsp3) is 0.500. The average Bonchev–Trinajstić information content (AvgIpc) is 3.43. The number of fused-ring (bicyclic) bond motifs is 1. The van der Waals surface area contributed by atoms with Crippen molar-refractivity contribution in [3.05, 3.63) is 54.1 Å². The number of likely N-dealkylation sites (tertiary alicyclic amines) is 2. The molecule has 0 bridgehead atoms. The summed E-state index contributed by atoms with van der Waals surface area (Å²) >= 11 is 0. The maximum atomic E-state index is 13.9. The van der Waals surface area contributed by atoms with Crippen molar-refractivity contribution in [2.45, 2.75) is 25.4 Å². The van der Waals surface area contributed by atoms with Gasteiger partial charge in [-0.25, -0.2) is 9.18 Å². The summed E-state index contributed by atoms with van der Waals surface area (Å²) < 4.78 is 15.8. The molecule has 1 aromatic heterocycles. The zero-order chi connectivity index (χ0) is 21.3. The SMILES string of the molecule is CN(C)C(=O)N1C[C@H]2CN(C(=O)CCCn3cccn3)C[C@H]2[C@@H]1c1cccc(F)c1. The summed E-state index contributed by atoms with van der Waals surface area (Å²) in [6, 6.07) is 8.06. The molecule has 0 aliphatic carbocycles. The topological polar surface area (TPSA) is 61.7 Å². The lowest BCUT2D eigenvalue weighted by molar-refractivity contribution is -0.130. The molecule has 0 spiro atoms. The van der Waals surface area contributed by atoms with Crippen molar-refractivity contribution in [2.75, 3.05) is 33.7 Å². The molecule has 2 aliphatic rings. The lowest BCUT2D eigenvalue weighted by atomic mass is 9.89. The van der Waals surface area contributed by atoms with Crippen LogP contribution in [0, 0.1) is 17.7 Å². The molecule has 3 heterocycles. The largest absolute Gasteiger partial charge is 0.342 e. The molecule has 2 aliphatic heterocycles. The zero-order valence-electron chi connectivity index (χ0n) is 17.4. The van der Waals surface area contributed by atoms with Crippen molar-refractivity contribution in [2.24, 2.45) is 11.8 Å². The first kappa shape index (κ1) is 20.4. The minimum atomic E-state index is -0.308. The van der Waals surface area contributed by atoms with Crippen LogP contribution in [0.1, 0.15) is 24.4 Å². The van der Waals surface area contributed by atoms with E-state index in [1.54, 1.807) is 31.3 Å². The van der Waals surface area contributed by atoms with E-state index >= 15 is 0 Å². The number of aromatic nitrogens is 2. The smallest absolute Gasteiger partial charge is 0.320 e. The Morgan fingerprint density at radius 1 is 1.20 bits per heavy atom. The molecule has 1 aromatic carbocycles. The molecule has 0 radical (unpaired) electrons. The standard InChI is InChI=1S/C22H28FN5O2/c1-25(2)22(30)28-14-17-13-26(20(29)8-4-10-27-11-5-9-24-27)15-19(17)21(28)16-6-3-7-18(23)12-16/h3,5-7,9,11-12,17,19,21H,4,8,10,13-15H2,1-2H3/t17-,19-,21+/m1/s1. The number of nitrogens with zero attached hydrogens (tertiary/aromatic N) is 5. The van der Waals surface area contributed by atoms with Gasteiger partial charge in [0.05, 0.1) is 6.04 Å². The van der Waals surface area contributed by atoms with Gasteiger partial charge in [0.15, 0.2) is 0 Å². The highest BCUT2D eigenvalue weighted by atomic mass is 19.1. The van der Waals surface area contributed by atoms with Gasteiger partial charge in [0.2, 0.25) is 5.91 Å². The first-order valence-electron chi connectivity index (χ1n) is 10.4. The molecule has 3 atom stereocenters. The second-order valence-electron chi connectivity index (χ2n) is 8.42. The number of amides is 3. The van der Waals surface area contributed by atoms with Gasteiger partial charge >= 0.3 is 6.03 Å². The molecule has 30 heavy (non-hydrogen) atoms. The summed E-state index contributed by atoms with van der Waals surface area (Å²) in [6.45, 7) is 2.55. The van der Waals surface area contributed by atoms with E-state index in [0.29, 0.717) is 26.1 Å². The number of carbonyl (C=O) groups excluding carboxylic acids is 2. The Bertz CT molecular complexity index is 901. The van der Waals surface area contributed by atoms with Crippen LogP contribution in [0.4, 0.5) is 9.18 Å². The molecule has 2 aromatic rings. The number of urea groups is 1. The van der Waals surface area contributed by atoms with Crippen molar-refractivity contribution in [1.82, 2.24) is 24.5 Å². The predicted molar refractivity (Wildman–Crippen MR) is 110 cm³/mol. The van der Waals surface area contributed by atoms with E-state index in [9.17, 15) is 14.0 Å². The van der Waals surface area contributed by atoms with E-state index in [4.69, 9.17) is 0 Å². The number of benzene rings is 1. The molecule has 2 fully saturated rings. The maximum Gasteiger partial charge on any atom is 0.320 e. The number of hydrogen-bond donors (Lipinski definition) is 0. The van der Waals surface area contributed by atoms with Gasteiger partial charge in [-0.3, -0.25) is 9.48 Å². The van der Waals surface area contributed by atoms with E-state index in [1.165, 1.54) is 12.1 Å². The Morgan fingerprint density at radius 2 is 2.03 bits per heavy atom. The summed E-state index contributed by atoms with van der Waals surface area (Å²) in [5.74, 6) is 0.154. The predicted octanol–water partition coefficient (Wildman–Crippen LogP) is 2.62. The number of rotatable bonds is 5. The molecule has 0 saturated carbocycles. The minimum Gasteiger partial charge on any atom is -0.342 e. The van der Waals surface area contributed by atoms with Gasteiger partial charge in [0.25, 0.3) is 0 Å². The Hall–Kier alpha value is -2.90. The molecule has 8 heteroatoms. The van der Waals surface area contributed by atoms with Crippen LogP contribution >= 0.6 is 0 Å². The third-order valence-corrected chi connectivity index (χ3v) is 6.17.